The summed E-state index contributed by atoms with van der Waals surface area (Å²) in [5, 5.41) is 6.06. The van der Waals surface area contributed by atoms with Crippen molar-refractivity contribution in [1.82, 2.24) is 15.3 Å². The van der Waals surface area contributed by atoms with Crippen LogP contribution in [0.2, 0.25) is 0 Å². The first-order valence-electron chi connectivity index (χ1n) is 5.77. The van der Waals surface area contributed by atoms with Gasteiger partial charge in [0.1, 0.15) is 0 Å². The number of amides is 1. The largest absolute Gasteiger partial charge is 0.384 e. The van der Waals surface area contributed by atoms with E-state index in [1.54, 1.807) is 19.5 Å². The fraction of sp³-hybridized carbons (Fsp3) is 0.636. The number of hydrogen-bond acceptors (Lipinski definition) is 4. The molecule has 2 rings (SSSR count). The Bertz CT molecular complexity index is 352. The minimum absolute atomic E-state index is 0.0178. The maximum absolute atomic E-state index is 12.3. The second kappa shape index (κ2) is 5.29. The van der Waals surface area contributed by atoms with Crippen molar-refractivity contribution in [3.8, 4) is 0 Å². The van der Waals surface area contributed by atoms with Crippen LogP contribution in [0, 0.1) is 5.41 Å². The molecule has 0 unspecified atom stereocenters. The van der Waals surface area contributed by atoms with Crippen molar-refractivity contribution in [2.24, 2.45) is 5.41 Å². The van der Waals surface area contributed by atoms with Gasteiger partial charge in [-0.2, -0.15) is 0 Å². The number of carbonyl (C=O) groups is 1. The minimum Gasteiger partial charge on any atom is -0.384 e. The van der Waals surface area contributed by atoms with E-state index >= 15 is 0 Å². The lowest BCUT2D eigenvalue weighted by atomic mass is 9.79. The fourth-order valence-electron chi connectivity index (χ4n) is 2.19. The van der Waals surface area contributed by atoms with Crippen LogP contribution in [0.3, 0.4) is 0 Å². The highest BCUT2D eigenvalue weighted by Crippen LogP contribution is 2.30. The van der Waals surface area contributed by atoms with Crippen LogP contribution in [-0.4, -0.2) is 42.7 Å². The molecule has 0 atom stereocenters. The maximum Gasteiger partial charge on any atom is 0.235 e. The van der Waals surface area contributed by atoms with Gasteiger partial charge in [0.05, 0.1) is 12.0 Å². The van der Waals surface area contributed by atoms with E-state index in [9.17, 15) is 4.79 Å². The van der Waals surface area contributed by atoms with Crippen molar-refractivity contribution in [3.63, 3.8) is 0 Å². The first kappa shape index (κ1) is 12.1. The molecule has 1 amide bonds. The Hall–Kier alpha value is -1.40. The predicted octanol–water partition coefficient (Wildman–Crippen LogP) is 0.364. The summed E-state index contributed by atoms with van der Waals surface area (Å²) in [6.07, 6.45) is 4.86. The summed E-state index contributed by atoms with van der Waals surface area (Å²) in [6.45, 7) is 2.13. The lowest BCUT2D eigenvalue weighted by Gasteiger charge is -2.35. The molecule has 1 aromatic heterocycles. The third kappa shape index (κ3) is 2.65. The molecule has 3 N–H and O–H groups in total. The van der Waals surface area contributed by atoms with Gasteiger partial charge in [-0.05, 0) is 25.9 Å². The first-order valence-corrected chi connectivity index (χ1v) is 5.77. The van der Waals surface area contributed by atoms with Crippen LogP contribution >= 0.6 is 0 Å². The SMILES string of the molecule is COCC1(C(=O)Nc2ncc[nH]2)CCNCC1. The quantitative estimate of drug-likeness (QED) is 0.708. The van der Waals surface area contributed by atoms with Gasteiger partial charge in [0, 0.05) is 19.5 Å². The summed E-state index contributed by atoms with van der Waals surface area (Å²) in [5.41, 5.74) is -0.438. The van der Waals surface area contributed by atoms with E-state index in [-0.39, 0.29) is 5.91 Å². The standard InChI is InChI=1S/C11H18N4O2/c1-17-8-11(2-4-12-5-3-11)9(16)15-10-13-6-7-14-10/h6-7,12H,2-5,8H2,1H3,(H2,13,14,15,16). The number of hydrogen-bond donors (Lipinski definition) is 3. The Morgan fingerprint density at radius 2 is 2.35 bits per heavy atom. The van der Waals surface area contributed by atoms with Gasteiger partial charge >= 0.3 is 0 Å². The highest BCUT2D eigenvalue weighted by molar-refractivity contribution is 5.94. The molecule has 0 aliphatic carbocycles. The van der Waals surface area contributed by atoms with Gasteiger partial charge in [-0.1, -0.05) is 0 Å². The molecule has 1 saturated heterocycles. The van der Waals surface area contributed by atoms with E-state index in [0.717, 1.165) is 25.9 Å². The number of aromatic amines is 1. The summed E-state index contributed by atoms with van der Waals surface area (Å²) in [7, 11) is 1.63. The summed E-state index contributed by atoms with van der Waals surface area (Å²) in [5.74, 6) is 0.472. The molecule has 0 aromatic carbocycles. The topological polar surface area (TPSA) is 79.0 Å². The van der Waals surface area contributed by atoms with Crippen LogP contribution < -0.4 is 10.6 Å². The van der Waals surface area contributed by atoms with Crippen molar-refractivity contribution in [1.29, 1.82) is 0 Å². The summed E-state index contributed by atoms with van der Waals surface area (Å²) in [6, 6.07) is 0. The van der Waals surface area contributed by atoms with E-state index in [0.29, 0.717) is 12.6 Å². The maximum atomic E-state index is 12.3. The molecule has 1 aliphatic heterocycles. The second-order valence-electron chi connectivity index (χ2n) is 4.36. The number of nitrogens with one attached hydrogen (secondary N) is 3. The van der Waals surface area contributed by atoms with Crippen molar-refractivity contribution < 1.29 is 9.53 Å². The molecule has 0 spiro atoms. The average molecular weight is 238 g/mol. The molecule has 94 valence electrons. The third-order valence-corrected chi connectivity index (χ3v) is 3.19. The number of anilines is 1. The van der Waals surface area contributed by atoms with Crippen LogP contribution in [0.4, 0.5) is 5.95 Å². The van der Waals surface area contributed by atoms with Gasteiger partial charge < -0.3 is 15.0 Å². The zero-order valence-corrected chi connectivity index (χ0v) is 9.95. The molecule has 6 heteroatoms. The van der Waals surface area contributed by atoms with Crippen molar-refractivity contribution >= 4 is 11.9 Å². The van der Waals surface area contributed by atoms with Crippen LogP contribution in [0.25, 0.3) is 0 Å². The molecule has 2 heterocycles. The number of nitrogens with zero attached hydrogens (tertiary/aromatic N) is 1. The fourth-order valence-corrected chi connectivity index (χ4v) is 2.19. The predicted molar refractivity (Wildman–Crippen MR) is 63.6 cm³/mol. The van der Waals surface area contributed by atoms with E-state index in [1.807, 2.05) is 0 Å². The number of imidazole rings is 1. The zero-order chi connectivity index (χ0) is 12.1. The van der Waals surface area contributed by atoms with Crippen LogP contribution in [0.5, 0.6) is 0 Å². The molecule has 6 nitrogen and oxygen atoms in total. The summed E-state index contributed by atoms with van der Waals surface area (Å²) >= 11 is 0. The molecule has 0 saturated carbocycles. The summed E-state index contributed by atoms with van der Waals surface area (Å²) in [4.78, 5) is 19.2. The highest BCUT2D eigenvalue weighted by Gasteiger charge is 2.39. The number of methoxy groups -OCH3 is 1. The normalized spacial score (nSPS) is 18.9. The molecule has 1 fully saturated rings. The molecule has 0 radical (unpaired) electrons. The van der Waals surface area contributed by atoms with Crippen molar-refractivity contribution in [2.75, 3.05) is 32.1 Å². The number of rotatable bonds is 4. The third-order valence-electron chi connectivity index (χ3n) is 3.19. The van der Waals surface area contributed by atoms with Crippen LogP contribution in [-0.2, 0) is 9.53 Å². The van der Waals surface area contributed by atoms with E-state index in [1.165, 1.54) is 0 Å². The average Bonchev–Trinajstić information content (AvgIpc) is 2.83. The van der Waals surface area contributed by atoms with Gasteiger partial charge in [0.2, 0.25) is 11.9 Å². The molecule has 17 heavy (non-hydrogen) atoms. The molecular weight excluding hydrogens is 220 g/mol. The Morgan fingerprint density at radius 3 is 2.94 bits per heavy atom. The van der Waals surface area contributed by atoms with Crippen LogP contribution in [0.1, 0.15) is 12.8 Å². The van der Waals surface area contributed by atoms with Gasteiger partial charge in [-0.15, -0.1) is 0 Å². The smallest absolute Gasteiger partial charge is 0.235 e. The molecular formula is C11H18N4O2. The monoisotopic (exact) mass is 238 g/mol. The Labute approximate surface area is 100 Å². The molecule has 1 aromatic rings. The van der Waals surface area contributed by atoms with E-state index in [2.05, 4.69) is 20.6 Å². The molecule has 1 aliphatic rings. The first-order chi connectivity index (χ1) is 8.27. The van der Waals surface area contributed by atoms with Crippen molar-refractivity contribution in [2.45, 2.75) is 12.8 Å². The number of ether oxygens (including phenoxy) is 1. The Kier molecular flexibility index (Phi) is 3.75. The highest BCUT2D eigenvalue weighted by atomic mass is 16.5. The lowest BCUT2D eigenvalue weighted by molar-refractivity contribution is -0.130. The van der Waals surface area contributed by atoms with Gasteiger partial charge in [-0.3, -0.25) is 10.1 Å². The second-order valence-corrected chi connectivity index (χ2v) is 4.36. The van der Waals surface area contributed by atoms with Gasteiger partial charge in [0.25, 0.3) is 0 Å². The zero-order valence-electron chi connectivity index (χ0n) is 9.95. The summed E-state index contributed by atoms with van der Waals surface area (Å²) < 4.78 is 5.21. The Balaban J connectivity index is 2.06. The lowest BCUT2D eigenvalue weighted by Crippen LogP contribution is -2.47. The van der Waals surface area contributed by atoms with Crippen LogP contribution in [0.15, 0.2) is 12.4 Å². The number of carbonyl (C=O) groups excluding carboxylic acids is 1. The van der Waals surface area contributed by atoms with E-state index < -0.39 is 5.41 Å². The number of piperidine rings is 1. The van der Waals surface area contributed by atoms with E-state index in [4.69, 9.17) is 4.74 Å². The number of aromatic nitrogens is 2. The minimum atomic E-state index is -0.438. The van der Waals surface area contributed by atoms with Crippen molar-refractivity contribution in [3.05, 3.63) is 12.4 Å². The number of H-pyrrole nitrogens is 1. The molecule has 0 bridgehead atoms. The van der Waals surface area contributed by atoms with Gasteiger partial charge in [-0.25, -0.2) is 4.98 Å². The van der Waals surface area contributed by atoms with Gasteiger partial charge in [0.15, 0.2) is 0 Å². The Morgan fingerprint density at radius 1 is 1.59 bits per heavy atom.